The van der Waals surface area contributed by atoms with Crippen LogP contribution in [0, 0.1) is 12.8 Å². The van der Waals surface area contributed by atoms with E-state index >= 15 is 0 Å². The number of rotatable bonds is 8. The molecule has 0 radical (unpaired) electrons. The standard InChI is InChI=1S/C19H21NO6S/c1-12-5-3-4-6-15(12)27-19(13(2)10-21)14(11-22)9-18(25)26-20-16(23)7-8-17(20)24/h3-6,11,13,21H,7-10H2,1-2H3/b19-14-. The number of benzene rings is 1. The van der Waals surface area contributed by atoms with E-state index < -0.39 is 24.2 Å². The third-order valence-electron chi connectivity index (χ3n) is 4.03. The van der Waals surface area contributed by atoms with Gasteiger partial charge in [-0.15, -0.1) is 5.06 Å². The van der Waals surface area contributed by atoms with Gasteiger partial charge < -0.3 is 9.94 Å². The molecule has 1 aliphatic heterocycles. The number of hydrogen-bond acceptors (Lipinski definition) is 7. The van der Waals surface area contributed by atoms with E-state index in [1.165, 1.54) is 11.8 Å². The van der Waals surface area contributed by atoms with Crippen LogP contribution in [0.25, 0.3) is 0 Å². The lowest BCUT2D eigenvalue weighted by atomic mass is 10.1. The Morgan fingerprint density at radius 3 is 2.48 bits per heavy atom. The van der Waals surface area contributed by atoms with Gasteiger partial charge in [-0.3, -0.25) is 14.4 Å². The molecule has 0 spiro atoms. The van der Waals surface area contributed by atoms with Gasteiger partial charge >= 0.3 is 5.97 Å². The third kappa shape index (κ3) is 5.27. The van der Waals surface area contributed by atoms with Crippen molar-refractivity contribution in [3.8, 4) is 0 Å². The fourth-order valence-corrected chi connectivity index (χ4v) is 3.63. The van der Waals surface area contributed by atoms with E-state index in [9.17, 15) is 24.3 Å². The van der Waals surface area contributed by atoms with Crippen LogP contribution in [0.5, 0.6) is 0 Å². The number of amides is 2. The van der Waals surface area contributed by atoms with Crippen molar-refractivity contribution in [3.63, 3.8) is 0 Å². The Labute approximate surface area is 161 Å². The summed E-state index contributed by atoms with van der Waals surface area (Å²) < 4.78 is 0. The SMILES string of the molecule is Cc1ccccc1S/C(=C(\C=O)CC(=O)ON1C(=O)CCC1=O)C(C)CO. The number of carbonyl (C=O) groups excluding carboxylic acids is 4. The molecule has 0 saturated carbocycles. The zero-order valence-corrected chi connectivity index (χ0v) is 16.0. The topological polar surface area (TPSA) is 101 Å². The molecule has 27 heavy (non-hydrogen) atoms. The molecule has 1 unspecified atom stereocenters. The Hall–Kier alpha value is -2.45. The molecule has 0 aliphatic carbocycles. The molecule has 1 saturated heterocycles. The minimum atomic E-state index is -0.881. The molecule has 1 aromatic rings. The molecule has 1 N–H and O–H groups in total. The van der Waals surface area contributed by atoms with Crippen LogP contribution in [-0.4, -0.2) is 40.8 Å². The summed E-state index contributed by atoms with van der Waals surface area (Å²) in [6, 6.07) is 7.55. The van der Waals surface area contributed by atoms with Crippen LogP contribution in [0.3, 0.4) is 0 Å². The van der Waals surface area contributed by atoms with Crippen LogP contribution in [-0.2, 0) is 24.0 Å². The summed E-state index contributed by atoms with van der Waals surface area (Å²) in [5.41, 5.74) is 1.14. The highest BCUT2D eigenvalue weighted by Crippen LogP contribution is 2.36. The van der Waals surface area contributed by atoms with Crippen LogP contribution in [0.4, 0.5) is 0 Å². The predicted molar refractivity (Wildman–Crippen MR) is 98.2 cm³/mol. The number of thioether (sulfide) groups is 1. The van der Waals surface area contributed by atoms with Gasteiger partial charge in [0.25, 0.3) is 11.8 Å². The zero-order valence-electron chi connectivity index (χ0n) is 15.1. The Morgan fingerprint density at radius 1 is 1.30 bits per heavy atom. The quantitative estimate of drug-likeness (QED) is 0.314. The molecule has 7 nitrogen and oxygen atoms in total. The van der Waals surface area contributed by atoms with Gasteiger partial charge in [0, 0.05) is 34.1 Å². The van der Waals surface area contributed by atoms with E-state index in [0.29, 0.717) is 16.3 Å². The minimum absolute atomic E-state index is 0.00156. The number of aldehydes is 1. The Kier molecular flexibility index (Phi) is 7.32. The highest BCUT2D eigenvalue weighted by atomic mass is 32.2. The lowest BCUT2D eigenvalue weighted by Gasteiger charge is -2.18. The van der Waals surface area contributed by atoms with Gasteiger partial charge in [-0.05, 0) is 18.6 Å². The van der Waals surface area contributed by atoms with Crippen molar-refractivity contribution in [1.82, 2.24) is 5.06 Å². The van der Waals surface area contributed by atoms with E-state index in [2.05, 4.69) is 0 Å². The molecular formula is C19H21NO6S. The van der Waals surface area contributed by atoms with E-state index in [1.54, 1.807) is 6.92 Å². The molecule has 8 heteroatoms. The fourth-order valence-electron chi connectivity index (χ4n) is 2.49. The summed E-state index contributed by atoms with van der Waals surface area (Å²) in [4.78, 5) is 53.2. The summed E-state index contributed by atoms with van der Waals surface area (Å²) >= 11 is 1.30. The number of aliphatic hydroxyl groups excluding tert-OH is 1. The molecule has 1 fully saturated rings. The smallest absolute Gasteiger partial charge is 0.337 e. The highest BCUT2D eigenvalue weighted by Gasteiger charge is 2.33. The molecule has 2 amide bonds. The van der Waals surface area contributed by atoms with Crippen molar-refractivity contribution < 1.29 is 29.1 Å². The molecular weight excluding hydrogens is 370 g/mol. The van der Waals surface area contributed by atoms with Gasteiger partial charge in [-0.25, -0.2) is 4.79 Å². The number of aryl methyl sites for hydroxylation is 1. The van der Waals surface area contributed by atoms with Crippen molar-refractivity contribution in [1.29, 1.82) is 0 Å². The number of hydrogen-bond donors (Lipinski definition) is 1. The Morgan fingerprint density at radius 2 is 1.93 bits per heavy atom. The molecule has 1 aliphatic rings. The molecule has 0 aromatic heterocycles. The molecule has 144 valence electrons. The molecule has 0 bridgehead atoms. The second-order valence-corrected chi connectivity index (χ2v) is 7.26. The summed E-state index contributed by atoms with van der Waals surface area (Å²) in [5.74, 6) is -2.42. The monoisotopic (exact) mass is 391 g/mol. The van der Waals surface area contributed by atoms with Gasteiger partial charge in [-0.2, -0.15) is 0 Å². The summed E-state index contributed by atoms with van der Waals surface area (Å²) in [6.07, 6.45) is 0.137. The minimum Gasteiger partial charge on any atom is -0.396 e. The first-order valence-electron chi connectivity index (χ1n) is 8.46. The summed E-state index contributed by atoms with van der Waals surface area (Å²) in [5, 5.41) is 10.0. The summed E-state index contributed by atoms with van der Waals surface area (Å²) in [7, 11) is 0. The first-order valence-corrected chi connectivity index (χ1v) is 9.28. The van der Waals surface area contributed by atoms with Crippen molar-refractivity contribution in [2.24, 2.45) is 5.92 Å². The normalized spacial score (nSPS) is 16.2. The number of imide groups is 1. The fraction of sp³-hybridized carbons (Fsp3) is 0.368. The van der Waals surface area contributed by atoms with Crippen molar-refractivity contribution in [2.75, 3.05) is 6.61 Å². The first kappa shape index (κ1) is 20.9. The van der Waals surface area contributed by atoms with Crippen LogP contribution >= 0.6 is 11.8 Å². The van der Waals surface area contributed by atoms with Crippen molar-refractivity contribution >= 4 is 35.8 Å². The van der Waals surface area contributed by atoms with Gasteiger partial charge in [0.05, 0.1) is 13.0 Å². The molecule has 1 heterocycles. The maximum absolute atomic E-state index is 12.2. The second-order valence-electron chi connectivity index (χ2n) is 6.18. The lowest BCUT2D eigenvalue weighted by Crippen LogP contribution is -2.32. The maximum Gasteiger partial charge on any atom is 0.337 e. The number of nitrogens with zero attached hydrogens (tertiary/aromatic N) is 1. The number of carbonyl (C=O) groups is 4. The van der Waals surface area contributed by atoms with Gasteiger partial charge in [0.1, 0.15) is 6.29 Å². The number of aliphatic hydroxyl groups is 1. The van der Waals surface area contributed by atoms with Crippen LogP contribution in [0.1, 0.15) is 31.7 Å². The predicted octanol–water partition coefficient (Wildman–Crippen LogP) is 2.17. The number of hydroxylamine groups is 2. The zero-order chi connectivity index (χ0) is 20.0. The van der Waals surface area contributed by atoms with Gasteiger partial charge in [-0.1, -0.05) is 36.9 Å². The maximum atomic E-state index is 12.2. The third-order valence-corrected chi connectivity index (χ3v) is 5.59. The van der Waals surface area contributed by atoms with Crippen LogP contribution < -0.4 is 0 Å². The summed E-state index contributed by atoms with van der Waals surface area (Å²) in [6.45, 7) is 3.45. The van der Waals surface area contributed by atoms with E-state index in [1.807, 2.05) is 31.2 Å². The van der Waals surface area contributed by atoms with Crippen molar-refractivity contribution in [2.45, 2.75) is 38.0 Å². The Balaban J connectivity index is 2.23. The van der Waals surface area contributed by atoms with Crippen LogP contribution in [0.2, 0.25) is 0 Å². The molecule has 1 atom stereocenters. The van der Waals surface area contributed by atoms with Gasteiger partial charge in [0.15, 0.2) is 0 Å². The lowest BCUT2D eigenvalue weighted by molar-refractivity contribution is -0.196. The molecule has 2 rings (SSSR count). The first-order chi connectivity index (χ1) is 12.9. The van der Waals surface area contributed by atoms with E-state index in [-0.39, 0.29) is 30.9 Å². The van der Waals surface area contributed by atoms with Crippen LogP contribution in [0.15, 0.2) is 39.6 Å². The second kappa shape index (κ2) is 9.48. The Bertz CT molecular complexity index is 772. The highest BCUT2D eigenvalue weighted by molar-refractivity contribution is 8.03. The molecule has 1 aromatic carbocycles. The average Bonchev–Trinajstić information content (AvgIpc) is 2.97. The average molecular weight is 391 g/mol. The van der Waals surface area contributed by atoms with E-state index in [0.717, 1.165) is 10.5 Å². The van der Waals surface area contributed by atoms with Crippen molar-refractivity contribution in [3.05, 3.63) is 40.3 Å². The largest absolute Gasteiger partial charge is 0.396 e. The van der Waals surface area contributed by atoms with E-state index in [4.69, 9.17) is 4.84 Å². The van der Waals surface area contributed by atoms with Gasteiger partial charge in [0.2, 0.25) is 0 Å².